The Morgan fingerprint density at radius 2 is 1.30 bits per heavy atom. The van der Waals surface area contributed by atoms with Gasteiger partial charge in [-0.1, -0.05) is 0 Å². The van der Waals surface area contributed by atoms with Gasteiger partial charge in [0.05, 0.1) is 13.4 Å². The molecule has 0 saturated carbocycles. The number of nitrogens with one attached hydrogen (secondary N) is 1. The largest absolute Gasteiger partial charge is 0.497 e. The standard InChI is InChI=1S/C14H15NO4S/c1-18-12-7-9-14(10-8-12)19-13-5-3-11(4-6-13)15-20(2,16)17/h3-10,15H,1-2H3. The summed E-state index contributed by atoms with van der Waals surface area (Å²) < 4.78 is 35.2. The molecule has 1 N–H and O–H groups in total. The molecular formula is C14H15NO4S. The zero-order valence-corrected chi connectivity index (χ0v) is 12.0. The van der Waals surface area contributed by atoms with Gasteiger partial charge < -0.3 is 9.47 Å². The molecule has 0 aliphatic rings. The lowest BCUT2D eigenvalue weighted by Gasteiger charge is -2.08. The van der Waals surface area contributed by atoms with Crippen molar-refractivity contribution in [1.29, 1.82) is 0 Å². The lowest BCUT2D eigenvalue weighted by Crippen LogP contribution is -2.09. The zero-order valence-electron chi connectivity index (χ0n) is 11.2. The van der Waals surface area contributed by atoms with Gasteiger partial charge in [-0.3, -0.25) is 4.72 Å². The highest BCUT2D eigenvalue weighted by atomic mass is 32.2. The summed E-state index contributed by atoms with van der Waals surface area (Å²) in [4.78, 5) is 0. The first kappa shape index (κ1) is 14.2. The molecule has 5 nitrogen and oxygen atoms in total. The molecule has 106 valence electrons. The summed E-state index contributed by atoms with van der Waals surface area (Å²) in [7, 11) is -1.66. The fraction of sp³-hybridized carbons (Fsp3) is 0.143. The maximum Gasteiger partial charge on any atom is 0.229 e. The molecule has 0 unspecified atom stereocenters. The average molecular weight is 293 g/mol. The summed E-state index contributed by atoms with van der Waals surface area (Å²) in [6.45, 7) is 0. The fourth-order valence-electron chi connectivity index (χ4n) is 1.58. The van der Waals surface area contributed by atoms with Gasteiger partial charge in [0.1, 0.15) is 17.2 Å². The quantitative estimate of drug-likeness (QED) is 0.920. The molecule has 0 aromatic heterocycles. The predicted octanol–water partition coefficient (Wildman–Crippen LogP) is 2.86. The van der Waals surface area contributed by atoms with E-state index >= 15 is 0 Å². The number of hydrogen-bond donors (Lipinski definition) is 1. The molecule has 0 amide bonds. The van der Waals surface area contributed by atoms with Crippen LogP contribution in [0.4, 0.5) is 5.69 Å². The van der Waals surface area contributed by atoms with Gasteiger partial charge in [-0.15, -0.1) is 0 Å². The third kappa shape index (κ3) is 4.17. The molecule has 0 radical (unpaired) electrons. The maximum absolute atomic E-state index is 11.1. The SMILES string of the molecule is COc1ccc(Oc2ccc(NS(C)(=O)=O)cc2)cc1. The smallest absolute Gasteiger partial charge is 0.229 e. The van der Waals surface area contributed by atoms with Gasteiger partial charge in [0.25, 0.3) is 0 Å². The van der Waals surface area contributed by atoms with Gasteiger partial charge in [-0.25, -0.2) is 8.42 Å². The summed E-state index contributed by atoms with van der Waals surface area (Å²) in [5.41, 5.74) is 0.495. The average Bonchev–Trinajstić information content (AvgIpc) is 2.40. The molecule has 0 spiro atoms. The van der Waals surface area contributed by atoms with Crippen LogP contribution in [0.2, 0.25) is 0 Å². The lowest BCUT2D eigenvalue weighted by atomic mass is 10.3. The van der Waals surface area contributed by atoms with E-state index in [-0.39, 0.29) is 0 Å². The summed E-state index contributed by atoms with van der Waals surface area (Å²) in [6, 6.07) is 13.8. The number of rotatable bonds is 5. The van der Waals surface area contributed by atoms with Crippen molar-refractivity contribution < 1.29 is 17.9 Å². The Labute approximate surface area is 118 Å². The second-order valence-electron chi connectivity index (χ2n) is 4.18. The Kier molecular flexibility index (Phi) is 4.14. The van der Waals surface area contributed by atoms with Gasteiger partial charge in [-0.2, -0.15) is 0 Å². The highest BCUT2D eigenvalue weighted by molar-refractivity contribution is 7.92. The minimum atomic E-state index is -3.26. The molecule has 2 aromatic rings. The van der Waals surface area contributed by atoms with E-state index in [1.54, 1.807) is 55.6 Å². The minimum Gasteiger partial charge on any atom is -0.497 e. The molecular weight excluding hydrogens is 278 g/mol. The third-order valence-electron chi connectivity index (χ3n) is 2.45. The van der Waals surface area contributed by atoms with Crippen molar-refractivity contribution in [2.45, 2.75) is 0 Å². The van der Waals surface area contributed by atoms with Crippen LogP contribution in [-0.2, 0) is 10.0 Å². The zero-order chi connectivity index (χ0) is 14.6. The van der Waals surface area contributed by atoms with Crippen LogP contribution >= 0.6 is 0 Å². The monoisotopic (exact) mass is 293 g/mol. The van der Waals surface area contributed by atoms with Crippen molar-refractivity contribution in [1.82, 2.24) is 0 Å². The molecule has 20 heavy (non-hydrogen) atoms. The number of anilines is 1. The van der Waals surface area contributed by atoms with Crippen LogP contribution < -0.4 is 14.2 Å². The van der Waals surface area contributed by atoms with Crippen LogP contribution in [0.5, 0.6) is 17.2 Å². The van der Waals surface area contributed by atoms with Gasteiger partial charge in [0.2, 0.25) is 10.0 Å². The van der Waals surface area contributed by atoms with Gasteiger partial charge >= 0.3 is 0 Å². The van der Waals surface area contributed by atoms with Crippen LogP contribution in [0.3, 0.4) is 0 Å². The highest BCUT2D eigenvalue weighted by Gasteiger charge is 2.02. The van der Waals surface area contributed by atoms with E-state index in [0.717, 1.165) is 12.0 Å². The van der Waals surface area contributed by atoms with Crippen molar-refractivity contribution >= 4 is 15.7 Å². The Balaban J connectivity index is 2.06. The number of sulfonamides is 1. The van der Waals surface area contributed by atoms with Gasteiger partial charge in [-0.05, 0) is 48.5 Å². The number of methoxy groups -OCH3 is 1. The molecule has 0 fully saturated rings. The van der Waals surface area contributed by atoms with Crippen molar-refractivity contribution in [2.24, 2.45) is 0 Å². The van der Waals surface area contributed by atoms with E-state index < -0.39 is 10.0 Å². The summed E-state index contributed by atoms with van der Waals surface area (Å²) in [5, 5.41) is 0. The topological polar surface area (TPSA) is 64.6 Å². The summed E-state index contributed by atoms with van der Waals surface area (Å²) >= 11 is 0. The van der Waals surface area contributed by atoms with E-state index in [0.29, 0.717) is 17.2 Å². The maximum atomic E-state index is 11.1. The van der Waals surface area contributed by atoms with Gasteiger partial charge in [0, 0.05) is 5.69 Å². The van der Waals surface area contributed by atoms with Crippen LogP contribution in [0.1, 0.15) is 0 Å². The molecule has 0 heterocycles. The highest BCUT2D eigenvalue weighted by Crippen LogP contribution is 2.25. The summed E-state index contributed by atoms with van der Waals surface area (Å²) in [6.07, 6.45) is 1.11. The fourth-order valence-corrected chi connectivity index (χ4v) is 2.15. The van der Waals surface area contributed by atoms with Crippen LogP contribution in [-0.4, -0.2) is 21.8 Å². The predicted molar refractivity (Wildman–Crippen MR) is 78.0 cm³/mol. The second kappa shape index (κ2) is 5.83. The number of benzene rings is 2. The molecule has 0 aliphatic heterocycles. The Morgan fingerprint density at radius 1 is 0.850 bits per heavy atom. The molecule has 0 aliphatic carbocycles. The molecule has 6 heteroatoms. The van der Waals surface area contributed by atoms with Crippen LogP contribution in [0.15, 0.2) is 48.5 Å². The van der Waals surface area contributed by atoms with E-state index in [1.807, 2.05) is 0 Å². The third-order valence-corrected chi connectivity index (χ3v) is 3.06. The van der Waals surface area contributed by atoms with E-state index in [2.05, 4.69) is 4.72 Å². The van der Waals surface area contributed by atoms with E-state index in [9.17, 15) is 8.42 Å². The number of hydrogen-bond acceptors (Lipinski definition) is 4. The number of ether oxygens (including phenoxy) is 2. The first-order chi connectivity index (χ1) is 9.46. The van der Waals surface area contributed by atoms with Crippen molar-refractivity contribution in [3.8, 4) is 17.2 Å². The molecule has 2 rings (SSSR count). The van der Waals surface area contributed by atoms with Gasteiger partial charge in [0.15, 0.2) is 0 Å². The normalized spacial score (nSPS) is 10.9. The minimum absolute atomic E-state index is 0.495. The van der Waals surface area contributed by atoms with Crippen molar-refractivity contribution in [3.05, 3.63) is 48.5 Å². The molecule has 0 saturated heterocycles. The van der Waals surface area contributed by atoms with E-state index in [4.69, 9.17) is 9.47 Å². The van der Waals surface area contributed by atoms with Crippen molar-refractivity contribution in [3.63, 3.8) is 0 Å². The Morgan fingerprint density at radius 3 is 1.75 bits per heavy atom. The Hall–Kier alpha value is -2.21. The van der Waals surface area contributed by atoms with E-state index in [1.165, 1.54) is 0 Å². The molecule has 0 bridgehead atoms. The molecule has 0 atom stereocenters. The summed E-state index contributed by atoms with van der Waals surface area (Å²) in [5.74, 6) is 2.05. The first-order valence-corrected chi connectivity index (χ1v) is 7.75. The second-order valence-corrected chi connectivity index (χ2v) is 5.92. The first-order valence-electron chi connectivity index (χ1n) is 5.86. The van der Waals surface area contributed by atoms with Crippen LogP contribution in [0.25, 0.3) is 0 Å². The molecule has 2 aromatic carbocycles. The van der Waals surface area contributed by atoms with Crippen LogP contribution in [0, 0.1) is 0 Å². The lowest BCUT2D eigenvalue weighted by molar-refractivity contribution is 0.413. The van der Waals surface area contributed by atoms with Crippen molar-refractivity contribution in [2.75, 3.05) is 18.1 Å². The Bertz CT molecular complexity index is 663.